The SMILES string of the molecule is Nc1cccc2c(CN3CCCCC3)c[nH]c12. The Kier molecular flexibility index (Phi) is 2.77. The maximum absolute atomic E-state index is 5.96. The van der Waals surface area contributed by atoms with E-state index in [-0.39, 0.29) is 0 Å². The fourth-order valence-corrected chi connectivity index (χ4v) is 2.73. The lowest BCUT2D eigenvalue weighted by molar-refractivity contribution is 0.221. The first-order valence-electron chi connectivity index (χ1n) is 6.41. The molecule has 1 aliphatic rings. The number of anilines is 1. The molecule has 3 nitrogen and oxygen atoms in total. The smallest absolute Gasteiger partial charge is 0.0690 e. The van der Waals surface area contributed by atoms with Crippen LogP contribution in [0.2, 0.25) is 0 Å². The summed E-state index contributed by atoms with van der Waals surface area (Å²) < 4.78 is 0. The highest BCUT2D eigenvalue weighted by Gasteiger charge is 2.13. The fourth-order valence-electron chi connectivity index (χ4n) is 2.73. The van der Waals surface area contributed by atoms with Crippen LogP contribution in [0.1, 0.15) is 24.8 Å². The van der Waals surface area contributed by atoms with Gasteiger partial charge in [0.25, 0.3) is 0 Å². The monoisotopic (exact) mass is 229 g/mol. The number of likely N-dealkylation sites (tertiary alicyclic amines) is 1. The molecule has 0 spiro atoms. The van der Waals surface area contributed by atoms with Crippen molar-refractivity contribution in [3.63, 3.8) is 0 Å². The van der Waals surface area contributed by atoms with E-state index in [0.717, 1.165) is 17.7 Å². The summed E-state index contributed by atoms with van der Waals surface area (Å²) in [6.45, 7) is 3.51. The molecular formula is C14H19N3. The molecule has 1 saturated heterocycles. The Morgan fingerprint density at radius 1 is 1.18 bits per heavy atom. The molecule has 0 radical (unpaired) electrons. The number of aromatic nitrogens is 1. The van der Waals surface area contributed by atoms with Crippen LogP contribution in [0.5, 0.6) is 0 Å². The van der Waals surface area contributed by atoms with Gasteiger partial charge >= 0.3 is 0 Å². The molecule has 1 fully saturated rings. The molecule has 1 aromatic heterocycles. The molecule has 3 heteroatoms. The zero-order valence-electron chi connectivity index (χ0n) is 10.1. The first-order valence-corrected chi connectivity index (χ1v) is 6.41. The Hall–Kier alpha value is -1.48. The van der Waals surface area contributed by atoms with Crippen LogP contribution in [-0.2, 0) is 6.54 Å². The zero-order valence-corrected chi connectivity index (χ0v) is 10.1. The maximum Gasteiger partial charge on any atom is 0.0690 e. The van der Waals surface area contributed by atoms with E-state index in [2.05, 4.69) is 22.1 Å². The lowest BCUT2D eigenvalue weighted by Gasteiger charge is -2.26. The van der Waals surface area contributed by atoms with Crippen molar-refractivity contribution in [1.82, 2.24) is 9.88 Å². The predicted octanol–water partition coefficient (Wildman–Crippen LogP) is 2.74. The van der Waals surface area contributed by atoms with Gasteiger partial charge in [0.05, 0.1) is 11.2 Å². The number of fused-ring (bicyclic) bond motifs is 1. The van der Waals surface area contributed by atoms with E-state index >= 15 is 0 Å². The van der Waals surface area contributed by atoms with Gasteiger partial charge in [0.2, 0.25) is 0 Å². The summed E-state index contributed by atoms with van der Waals surface area (Å²) in [5.41, 5.74) is 9.25. The number of nitrogens with zero attached hydrogens (tertiary/aromatic N) is 1. The molecule has 0 saturated carbocycles. The zero-order chi connectivity index (χ0) is 11.7. The van der Waals surface area contributed by atoms with Crippen molar-refractivity contribution in [2.75, 3.05) is 18.8 Å². The van der Waals surface area contributed by atoms with E-state index in [9.17, 15) is 0 Å². The van der Waals surface area contributed by atoms with Gasteiger partial charge in [-0.3, -0.25) is 4.90 Å². The topological polar surface area (TPSA) is 45.0 Å². The number of piperidine rings is 1. The van der Waals surface area contributed by atoms with Crippen LogP contribution >= 0.6 is 0 Å². The van der Waals surface area contributed by atoms with E-state index in [1.807, 2.05) is 12.1 Å². The number of aromatic amines is 1. The van der Waals surface area contributed by atoms with Crippen LogP contribution in [0, 0.1) is 0 Å². The van der Waals surface area contributed by atoms with Gasteiger partial charge in [0.1, 0.15) is 0 Å². The summed E-state index contributed by atoms with van der Waals surface area (Å²) >= 11 is 0. The molecule has 1 aromatic carbocycles. The van der Waals surface area contributed by atoms with E-state index in [1.54, 1.807) is 0 Å². The average molecular weight is 229 g/mol. The van der Waals surface area contributed by atoms with Crippen LogP contribution < -0.4 is 5.73 Å². The number of rotatable bonds is 2. The maximum atomic E-state index is 5.96. The largest absolute Gasteiger partial charge is 0.397 e. The highest BCUT2D eigenvalue weighted by molar-refractivity contribution is 5.92. The first kappa shape index (κ1) is 10.7. The van der Waals surface area contributed by atoms with Crippen molar-refractivity contribution < 1.29 is 0 Å². The van der Waals surface area contributed by atoms with Crippen molar-refractivity contribution in [2.24, 2.45) is 0 Å². The lowest BCUT2D eigenvalue weighted by Crippen LogP contribution is -2.28. The number of H-pyrrole nitrogens is 1. The van der Waals surface area contributed by atoms with E-state index in [1.165, 1.54) is 43.3 Å². The number of benzene rings is 1. The highest BCUT2D eigenvalue weighted by Crippen LogP contribution is 2.25. The lowest BCUT2D eigenvalue weighted by atomic mass is 10.1. The molecular weight excluding hydrogens is 210 g/mol. The van der Waals surface area contributed by atoms with E-state index in [4.69, 9.17) is 5.73 Å². The third-order valence-corrected chi connectivity index (χ3v) is 3.68. The Labute approximate surface area is 102 Å². The summed E-state index contributed by atoms with van der Waals surface area (Å²) in [5, 5.41) is 1.27. The van der Waals surface area contributed by atoms with Gasteiger partial charge in [-0.15, -0.1) is 0 Å². The third-order valence-electron chi connectivity index (χ3n) is 3.68. The number of hydrogen-bond donors (Lipinski definition) is 2. The van der Waals surface area contributed by atoms with E-state index < -0.39 is 0 Å². The molecule has 2 heterocycles. The number of hydrogen-bond acceptors (Lipinski definition) is 2. The predicted molar refractivity (Wildman–Crippen MR) is 71.8 cm³/mol. The Morgan fingerprint density at radius 2 is 2.00 bits per heavy atom. The standard InChI is InChI=1S/C14H19N3/c15-13-6-4-5-12-11(9-16-14(12)13)10-17-7-2-1-3-8-17/h4-6,9,16H,1-3,7-8,10,15H2. The normalized spacial score (nSPS) is 17.6. The quantitative estimate of drug-likeness (QED) is 0.778. The van der Waals surface area contributed by atoms with Crippen molar-refractivity contribution in [2.45, 2.75) is 25.8 Å². The molecule has 0 aliphatic carbocycles. The molecule has 17 heavy (non-hydrogen) atoms. The van der Waals surface area contributed by atoms with Gasteiger partial charge in [-0.1, -0.05) is 18.6 Å². The summed E-state index contributed by atoms with van der Waals surface area (Å²) in [6.07, 6.45) is 6.17. The Bertz CT molecular complexity index is 509. The van der Waals surface area contributed by atoms with Crippen LogP contribution in [-0.4, -0.2) is 23.0 Å². The summed E-state index contributed by atoms with van der Waals surface area (Å²) in [7, 11) is 0. The van der Waals surface area contributed by atoms with Crippen molar-refractivity contribution in [1.29, 1.82) is 0 Å². The number of nitrogens with two attached hydrogens (primary N) is 1. The molecule has 0 atom stereocenters. The Balaban J connectivity index is 1.87. The van der Waals surface area contributed by atoms with Gasteiger partial charge < -0.3 is 10.7 Å². The van der Waals surface area contributed by atoms with Crippen molar-refractivity contribution in [3.8, 4) is 0 Å². The summed E-state index contributed by atoms with van der Waals surface area (Å²) in [6, 6.07) is 6.14. The minimum absolute atomic E-state index is 0.840. The summed E-state index contributed by atoms with van der Waals surface area (Å²) in [4.78, 5) is 5.83. The Morgan fingerprint density at radius 3 is 2.82 bits per heavy atom. The molecule has 1 aliphatic heterocycles. The first-order chi connectivity index (χ1) is 8.34. The fraction of sp³-hybridized carbons (Fsp3) is 0.429. The highest BCUT2D eigenvalue weighted by atomic mass is 15.1. The minimum atomic E-state index is 0.840. The van der Waals surface area contributed by atoms with Gasteiger partial charge in [-0.05, 0) is 37.6 Å². The number of nitrogens with one attached hydrogen (secondary N) is 1. The second-order valence-corrected chi connectivity index (χ2v) is 4.92. The third kappa shape index (κ3) is 2.03. The van der Waals surface area contributed by atoms with Crippen molar-refractivity contribution in [3.05, 3.63) is 30.0 Å². The van der Waals surface area contributed by atoms with E-state index in [0.29, 0.717) is 0 Å². The van der Waals surface area contributed by atoms with Crippen molar-refractivity contribution >= 4 is 16.6 Å². The van der Waals surface area contributed by atoms with Crippen LogP contribution in [0.15, 0.2) is 24.4 Å². The number of para-hydroxylation sites is 1. The minimum Gasteiger partial charge on any atom is -0.397 e. The molecule has 3 rings (SSSR count). The van der Waals surface area contributed by atoms with Crippen LogP contribution in [0.25, 0.3) is 10.9 Å². The molecule has 0 amide bonds. The van der Waals surface area contributed by atoms with Gasteiger partial charge in [-0.2, -0.15) is 0 Å². The van der Waals surface area contributed by atoms with Gasteiger partial charge in [0.15, 0.2) is 0 Å². The molecule has 90 valence electrons. The molecule has 0 bridgehead atoms. The van der Waals surface area contributed by atoms with Gasteiger partial charge in [0, 0.05) is 18.1 Å². The molecule has 0 unspecified atom stereocenters. The van der Waals surface area contributed by atoms with Crippen LogP contribution in [0.4, 0.5) is 5.69 Å². The second kappa shape index (κ2) is 4.41. The van der Waals surface area contributed by atoms with Crippen LogP contribution in [0.3, 0.4) is 0 Å². The summed E-state index contributed by atoms with van der Waals surface area (Å²) in [5.74, 6) is 0. The molecule has 3 N–H and O–H groups in total. The van der Waals surface area contributed by atoms with Gasteiger partial charge in [-0.25, -0.2) is 0 Å². The average Bonchev–Trinajstić information content (AvgIpc) is 2.76. The second-order valence-electron chi connectivity index (χ2n) is 4.92. The number of nitrogen functional groups attached to an aromatic ring is 1. The molecule has 2 aromatic rings.